The lowest BCUT2D eigenvalue weighted by atomic mass is 9.86. The number of hydrogen-bond donors (Lipinski definition) is 2. The van der Waals surface area contributed by atoms with Crippen LogP contribution in [0, 0.1) is 17.6 Å². The monoisotopic (exact) mass is 535 g/mol. The molecule has 3 N–H and O–H groups in total. The van der Waals surface area contributed by atoms with Gasteiger partial charge in [-0.3, -0.25) is 4.90 Å². The molecule has 5 rings (SSSR count). The first-order valence-corrected chi connectivity index (χ1v) is 14.2. The number of hydrogen-bond acceptors (Lipinski definition) is 3. The summed E-state index contributed by atoms with van der Waals surface area (Å²) in [5.74, 6) is -0.724. The number of primary amides is 1. The van der Waals surface area contributed by atoms with Crippen molar-refractivity contribution < 1.29 is 13.6 Å². The molecule has 1 aliphatic heterocycles. The van der Waals surface area contributed by atoms with Crippen molar-refractivity contribution in [2.75, 3.05) is 11.9 Å². The summed E-state index contributed by atoms with van der Waals surface area (Å²) in [6.45, 7) is 10.3. The number of para-hydroxylation sites is 1. The number of carbonyl (C=O) groups is 1. The van der Waals surface area contributed by atoms with E-state index in [9.17, 15) is 4.79 Å². The first kappa shape index (κ1) is 27.3. The molecule has 2 aliphatic rings. The van der Waals surface area contributed by atoms with Crippen LogP contribution in [-0.4, -0.2) is 32.8 Å². The van der Waals surface area contributed by atoms with Crippen LogP contribution in [0.5, 0.6) is 0 Å². The molecular weight excluding hydrogens is 496 g/mol. The van der Waals surface area contributed by atoms with Gasteiger partial charge in [-0.05, 0) is 62.6 Å². The van der Waals surface area contributed by atoms with Crippen LogP contribution in [0.3, 0.4) is 0 Å². The molecule has 2 aromatic carbocycles. The number of urea groups is 1. The largest absolute Gasteiger partial charge is 0.351 e. The highest BCUT2D eigenvalue weighted by Crippen LogP contribution is 2.41. The zero-order valence-corrected chi connectivity index (χ0v) is 23.4. The number of nitrogens with one attached hydrogen (secondary N) is 1. The fourth-order valence-corrected chi connectivity index (χ4v) is 6.43. The number of nitrogens with zero attached hydrogens (tertiary/aromatic N) is 3. The summed E-state index contributed by atoms with van der Waals surface area (Å²) in [6.07, 6.45) is 7.31. The average Bonchev–Trinajstić information content (AvgIpc) is 3.52. The molecule has 0 radical (unpaired) electrons. The quantitative estimate of drug-likeness (QED) is 0.351. The molecule has 208 valence electrons. The van der Waals surface area contributed by atoms with Gasteiger partial charge in [0, 0.05) is 42.2 Å². The van der Waals surface area contributed by atoms with E-state index in [4.69, 9.17) is 10.8 Å². The van der Waals surface area contributed by atoms with E-state index in [1.165, 1.54) is 25.7 Å². The number of anilines is 1. The normalized spacial score (nSPS) is 17.4. The predicted octanol–water partition coefficient (Wildman–Crippen LogP) is 6.76. The Morgan fingerprint density at radius 1 is 1.10 bits per heavy atom. The van der Waals surface area contributed by atoms with Crippen LogP contribution in [0.25, 0.3) is 16.9 Å². The predicted molar refractivity (Wildman–Crippen MR) is 151 cm³/mol. The minimum Gasteiger partial charge on any atom is -0.351 e. The Kier molecular flexibility index (Phi) is 7.51. The third kappa shape index (κ3) is 5.19. The highest BCUT2D eigenvalue weighted by atomic mass is 19.1. The third-order valence-electron chi connectivity index (χ3n) is 8.57. The zero-order chi connectivity index (χ0) is 27.9. The molecule has 0 unspecified atom stereocenters. The molecule has 0 spiro atoms. The van der Waals surface area contributed by atoms with Gasteiger partial charge < -0.3 is 11.1 Å². The van der Waals surface area contributed by atoms with Crippen molar-refractivity contribution in [2.45, 2.75) is 84.7 Å². The van der Waals surface area contributed by atoms with Crippen LogP contribution in [0.15, 0.2) is 30.3 Å². The van der Waals surface area contributed by atoms with Gasteiger partial charge >= 0.3 is 6.03 Å². The fourth-order valence-electron chi connectivity index (χ4n) is 6.43. The van der Waals surface area contributed by atoms with E-state index in [0.29, 0.717) is 18.2 Å². The van der Waals surface area contributed by atoms with E-state index in [2.05, 4.69) is 50.0 Å². The van der Waals surface area contributed by atoms with E-state index < -0.39 is 17.7 Å². The van der Waals surface area contributed by atoms with E-state index >= 15 is 8.78 Å². The van der Waals surface area contributed by atoms with Gasteiger partial charge in [0.15, 0.2) is 0 Å². The maximum atomic E-state index is 15.8. The van der Waals surface area contributed by atoms with E-state index in [0.717, 1.165) is 66.0 Å². The van der Waals surface area contributed by atoms with Crippen LogP contribution in [0.2, 0.25) is 0 Å². The molecule has 39 heavy (non-hydrogen) atoms. The van der Waals surface area contributed by atoms with E-state index in [-0.39, 0.29) is 16.8 Å². The van der Waals surface area contributed by atoms with Gasteiger partial charge in [-0.15, -0.1) is 0 Å². The second kappa shape index (κ2) is 10.7. The number of benzene rings is 2. The molecule has 6 nitrogen and oxygen atoms in total. The molecule has 0 saturated heterocycles. The Morgan fingerprint density at radius 2 is 1.77 bits per heavy atom. The number of fused-ring (bicyclic) bond motifs is 1. The fraction of sp³-hybridized carbons (Fsp3) is 0.484. The maximum absolute atomic E-state index is 15.8. The van der Waals surface area contributed by atoms with Gasteiger partial charge in [0.05, 0.1) is 22.8 Å². The molecule has 1 aliphatic carbocycles. The maximum Gasteiger partial charge on any atom is 0.316 e. The minimum atomic E-state index is -0.947. The Bertz CT molecular complexity index is 1370. The van der Waals surface area contributed by atoms with Crippen LogP contribution in [-0.2, 0) is 25.8 Å². The number of carbonyl (C=O) groups excluding carboxylic acids is 1. The van der Waals surface area contributed by atoms with E-state index in [1.54, 1.807) is 0 Å². The van der Waals surface area contributed by atoms with Crippen LogP contribution in [0.4, 0.5) is 19.3 Å². The molecule has 3 aromatic rings. The lowest BCUT2D eigenvalue weighted by Gasteiger charge is -2.43. The summed E-state index contributed by atoms with van der Waals surface area (Å²) in [4.78, 5) is 13.9. The smallest absolute Gasteiger partial charge is 0.316 e. The number of aromatic nitrogens is 2. The highest BCUT2D eigenvalue weighted by molar-refractivity contribution is 5.88. The molecule has 0 atom stereocenters. The Balaban J connectivity index is 1.72. The van der Waals surface area contributed by atoms with E-state index in [1.807, 2.05) is 10.7 Å². The SMILES string of the molecule is CCc1cccc(CC)c1-n1nc2c(c1-c1cc(F)c(NC(N)=O)cc1F)CN(CC1CCCC1)C(C)(C)C2. The first-order valence-electron chi connectivity index (χ1n) is 14.2. The second-order valence-electron chi connectivity index (χ2n) is 11.6. The van der Waals surface area contributed by atoms with Crippen molar-refractivity contribution in [3.05, 3.63) is 64.4 Å². The van der Waals surface area contributed by atoms with Crippen molar-refractivity contribution in [1.29, 1.82) is 0 Å². The van der Waals surface area contributed by atoms with Gasteiger partial charge in [-0.2, -0.15) is 5.10 Å². The molecule has 1 aromatic heterocycles. The third-order valence-corrected chi connectivity index (χ3v) is 8.57. The number of aryl methyl sites for hydroxylation is 2. The lowest BCUT2D eigenvalue weighted by Crippen LogP contribution is -2.50. The molecule has 0 bridgehead atoms. The number of rotatable bonds is 7. The lowest BCUT2D eigenvalue weighted by molar-refractivity contribution is 0.0781. The van der Waals surface area contributed by atoms with Gasteiger partial charge in [0.1, 0.15) is 11.6 Å². The molecular formula is C31H39F2N5O. The standard InChI is InChI=1S/C31H39F2N5O/c1-5-20-12-9-13-21(6-2)28(20)38-29(22-14-25(33)26(15-24(22)32)35-30(34)39)23-18-37(17-19-10-7-8-11-19)31(3,4)16-27(23)36-38/h9,12-15,19H,5-8,10-11,16-18H2,1-4H3,(H3,34,35,39). The second-order valence-corrected chi connectivity index (χ2v) is 11.6. The van der Waals surface area contributed by atoms with Crippen LogP contribution >= 0.6 is 0 Å². The Labute approximate surface area is 229 Å². The minimum absolute atomic E-state index is 0.108. The summed E-state index contributed by atoms with van der Waals surface area (Å²) < 4.78 is 32.9. The summed E-state index contributed by atoms with van der Waals surface area (Å²) in [6, 6.07) is 7.42. The topological polar surface area (TPSA) is 76.2 Å². The summed E-state index contributed by atoms with van der Waals surface area (Å²) in [5.41, 5.74) is 10.5. The van der Waals surface area contributed by atoms with Crippen molar-refractivity contribution in [2.24, 2.45) is 11.7 Å². The van der Waals surface area contributed by atoms with Crippen molar-refractivity contribution in [1.82, 2.24) is 14.7 Å². The van der Waals surface area contributed by atoms with Crippen LogP contribution < -0.4 is 11.1 Å². The summed E-state index contributed by atoms with van der Waals surface area (Å²) >= 11 is 0. The number of nitrogens with two attached hydrogens (primary N) is 1. The van der Waals surface area contributed by atoms with Crippen molar-refractivity contribution in [3.8, 4) is 16.9 Å². The molecule has 2 amide bonds. The first-order chi connectivity index (χ1) is 18.6. The molecule has 1 saturated carbocycles. The van der Waals surface area contributed by atoms with Gasteiger partial charge in [0.25, 0.3) is 0 Å². The van der Waals surface area contributed by atoms with Gasteiger partial charge in [0.2, 0.25) is 0 Å². The molecule has 1 fully saturated rings. The average molecular weight is 536 g/mol. The highest BCUT2D eigenvalue weighted by Gasteiger charge is 2.39. The Hall–Kier alpha value is -3.26. The molecule has 8 heteroatoms. The molecule has 2 heterocycles. The number of amides is 2. The van der Waals surface area contributed by atoms with Crippen LogP contribution in [0.1, 0.15) is 75.8 Å². The van der Waals surface area contributed by atoms with Gasteiger partial charge in [-0.25, -0.2) is 18.3 Å². The van der Waals surface area contributed by atoms with Gasteiger partial charge in [-0.1, -0.05) is 44.9 Å². The van der Waals surface area contributed by atoms with Crippen molar-refractivity contribution in [3.63, 3.8) is 0 Å². The van der Waals surface area contributed by atoms with Crippen molar-refractivity contribution >= 4 is 11.7 Å². The summed E-state index contributed by atoms with van der Waals surface area (Å²) in [7, 11) is 0. The summed E-state index contributed by atoms with van der Waals surface area (Å²) in [5, 5.41) is 7.31. The zero-order valence-electron chi connectivity index (χ0n) is 23.4. The Morgan fingerprint density at radius 3 is 2.38 bits per heavy atom. The number of halogens is 2.